The van der Waals surface area contributed by atoms with E-state index in [9.17, 15) is 14.4 Å². The number of carboxylic acids is 2. The van der Waals surface area contributed by atoms with E-state index < -0.39 is 43.1 Å². The van der Waals surface area contributed by atoms with Crippen LogP contribution in [0.1, 0.15) is 72.6 Å². The van der Waals surface area contributed by atoms with Gasteiger partial charge in [0.1, 0.15) is 6.61 Å². The molecule has 0 saturated carbocycles. The molecule has 0 aromatic heterocycles. The Morgan fingerprint density at radius 1 is 0.774 bits per heavy atom. The maximum absolute atomic E-state index is 11.0. The summed E-state index contributed by atoms with van der Waals surface area (Å²) in [5.41, 5.74) is -0.946. The summed E-state index contributed by atoms with van der Waals surface area (Å²) in [6, 6.07) is 0. The van der Waals surface area contributed by atoms with E-state index in [0.717, 1.165) is 51.4 Å². The van der Waals surface area contributed by atoms with Gasteiger partial charge in [-0.05, 0) is 19.8 Å². The molecule has 0 atom stereocenters. The average Bonchev–Trinajstić information content (AvgIpc) is 2.70. The van der Waals surface area contributed by atoms with Gasteiger partial charge in [0.25, 0.3) is 0 Å². The molecular formula is C21H39KO9. The molecule has 0 aromatic carbocycles. The first-order chi connectivity index (χ1) is 14.1. The summed E-state index contributed by atoms with van der Waals surface area (Å²) in [5.74, 6) is -2.04. The molecule has 0 spiro atoms. The molecule has 0 aromatic rings. The van der Waals surface area contributed by atoms with E-state index in [0.29, 0.717) is 0 Å². The van der Waals surface area contributed by atoms with Gasteiger partial charge in [-0.15, -0.1) is 0 Å². The summed E-state index contributed by atoms with van der Waals surface area (Å²) >= 11 is 0. The van der Waals surface area contributed by atoms with Crippen molar-refractivity contribution >= 4 is 17.9 Å². The number of carbonyl (C=O) groups is 3. The van der Waals surface area contributed by atoms with E-state index >= 15 is 0 Å². The minimum atomic E-state index is -1.18. The first-order valence-electron chi connectivity index (χ1n) is 10.2. The number of aliphatic carboxylic acids is 2. The Balaban J connectivity index is -0.000000232. The first kappa shape index (κ1) is 35.3. The second-order valence-corrected chi connectivity index (χ2v) is 7.45. The van der Waals surface area contributed by atoms with Gasteiger partial charge in [0, 0.05) is 18.4 Å². The second-order valence-electron chi connectivity index (χ2n) is 7.45. The standard InChI is InChI=1S/C12H22O4.C9H16O5.K.H/c13-11(14)9-7-5-3-1-2-4-6-8-10-12(15)16;1-7(2)8(13)14-6-9(3-10,4-11)5-12;;/h1-10H2,(H,13,14)(H,15,16);10-12H,1,3-6H2,2H3;;/q;;+1;-1. The van der Waals surface area contributed by atoms with Gasteiger partial charge < -0.3 is 31.7 Å². The summed E-state index contributed by atoms with van der Waals surface area (Å²) in [4.78, 5) is 31.4. The molecule has 0 radical (unpaired) electrons. The minimum absolute atomic E-state index is 0. The SMILES string of the molecule is C=C(C)C(=O)OCC(CO)(CO)CO.O=C(O)CCCCCCCCCCC(=O)O.[H-].[K+]. The van der Waals surface area contributed by atoms with Crippen molar-refractivity contribution < 1.29 is 97.5 Å². The third-order valence-corrected chi connectivity index (χ3v) is 4.40. The van der Waals surface area contributed by atoms with E-state index in [1.54, 1.807) is 0 Å². The molecule has 0 amide bonds. The molecule has 0 aliphatic carbocycles. The summed E-state index contributed by atoms with van der Waals surface area (Å²) in [6.45, 7) is 3.26. The van der Waals surface area contributed by atoms with Crippen LogP contribution in [0.3, 0.4) is 0 Å². The summed E-state index contributed by atoms with van der Waals surface area (Å²) in [5, 5.41) is 43.5. The van der Waals surface area contributed by atoms with Gasteiger partial charge in [-0.25, -0.2) is 4.79 Å². The minimum Gasteiger partial charge on any atom is -1.00 e. The molecule has 0 fully saturated rings. The van der Waals surface area contributed by atoms with Gasteiger partial charge in [0.15, 0.2) is 0 Å². The van der Waals surface area contributed by atoms with Gasteiger partial charge in [-0.2, -0.15) is 0 Å². The smallest absolute Gasteiger partial charge is 1.00 e. The van der Waals surface area contributed by atoms with Crippen LogP contribution in [0, 0.1) is 5.41 Å². The van der Waals surface area contributed by atoms with Crippen LogP contribution >= 0.6 is 0 Å². The molecule has 0 heterocycles. The van der Waals surface area contributed by atoms with Crippen molar-refractivity contribution in [1.29, 1.82) is 0 Å². The van der Waals surface area contributed by atoms with Crippen LogP contribution in [0.4, 0.5) is 0 Å². The predicted molar refractivity (Wildman–Crippen MR) is 112 cm³/mol. The zero-order valence-electron chi connectivity index (χ0n) is 20.0. The number of ether oxygens (including phenoxy) is 1. The number of unbranched alkanes of at least 4 members (excludes halogenated alkanes) is 7. The van der Waals surface area contributed by atoms with Crippen molar-refractivity contribution in [2.45, 2.75) is 71.1 Å². The maximum atomic E-state index is 11.0. The molecule has 0 saturated heterocycles. The molecule has 9 nitrogen and oxygen atoms in total. The van der Waals surface area contributed by atoms with Crippen molar-refractivity contribution in [2.24, 2.45) is 5.41 Å². The maximum Gasteiger partial charge on any atom is 1.00 e. The van der Waals surface area contributed by atoms with Crippen LogP contribution in [-0.2, 0) is 19.1 Å². The number of rotatable bonds is 17. The molecule has 10 heteroatoms. The van der Waals surface area contributed by atoms with Crippen LogP contribution in [-0.4, -0.2) is 69.9 Å². The number of hydrogen-bond acceptors (Lipinski definition) is 7. The van der Waals surface area contributed by atoms with Crippen LogP contribution in [0.25, 0.3) is 0 Å². The van der Waals surface area contributed by atoms with Crippen LogP contribution in [0.2, 0.25) is 0 Å². The molecule has 0 rings (SSSR count). The monoisotopic (exact) mass is 474 g/mol. The van der Waals surface area contributed by atoms with Gasteiger partial charge >= 0.3 is 69.3 Å². The Labute approximate surface area is 228 Å². The Morgan fingerprint density at radius 3 is 1.35 bits per heavy atom. The van der Waals surface area contributed by atoms with E-state index in [1.807, 2.05) is 0 Å². The molecule has 5 N–H and O–H groups in total. The third-order valence-electron chi connectivity index (χ3n) is 4.40. The average molecular weight is 475 g/mol. The third kappa shape index (κ3) is 22.6. The van der Waals surface area contributed by atoms with Gasteiger partial charge in [-0.3, -0.25) is 9.59 Å². The summed E-state index contributed by atoms with van der Waals surface area (Å²) in [7, 11) is 0. The molecule has 0 aliphatic heterocycles. The number of carbonyl (C=O) groups excluding carboxylic acids is 1. The zero-order chi connectivity index (χ0) is 23.4. The Hall–Kier alpha value is -0.334. The summed E-state index contributed by atoms with van der Waals surface area (Å²) < 4.78 is 4.72. The van der Waals surface area contributed by atoms with Gasteiger partial charge in [0.05, 0.1) is 25.2 Å². The fraction of sp³-hybridized carbons (Fsp3) is 0.762. The Bertz CT molecular complexity index is 481. The summed E-state index contributed by atoms with van der Waals surface area (Å²) in [6.07, 6.45) is 8.51. The number of aliphatic hydroxyl groups excluding tert-OH is 3. The number of esters is 1. The number of hydrogen-bond donors (Lipinski definition) is 5. The van der Waals surface area contributed by atoms with Crippen molar-refractivity contribution in [1.82, 2.24) is 0 Å². The molecule has 0 aliphatic rings. The zero-order valence-corrected chi connectivity index (χ0v) is 22.1. The normalized spacial score (nSPS) is 10.3. The van der Waals surface area contributed by atoms with Crippen molar-refractivity contribution in [3.8, 4) is 0 Å². The Morgan fingerprint density at radius 2 is 1.10 bits per heavy atom. The fourth-order valence-corrected chi connectivity index (χ4v) is 2.24. The topological polar surface area (TPSA) is 162 Å². The number of aliphatic hydroxyl groups is 3. The van der Waals surface area contributed by atoms with E-state index in [2.05, 4.69) is 6.58 Å². The fourth-order valence-electron chi connectivity index (χ4n) is 2.24. The molecule has 0 unspecified atom stereocenters. The number of carboxylic acid groups (broad SMARTS) is 2. The second kappa shape index (κ2) is 22.8. The molecule has 31 heavy (non-hydrogen) atoms. The van der Waals surface area contributed by atoms with Crippen molar-refractivity contribution in [3.63, 3.8) is 0 Å². The van der Waals surface area contributed by atoms with Crippen LogP contribution < -0.4 is 51.4 Å². The van der Waals surface area contributed by atoms with Crippen molar-refractivity contribution in [3.05, 3.63) is 12.2 Å². The molecular weight excluding hydrogens is 435 g/mol. The van der Waals surface area contributed by atoms with Gasteiger partial charge in [-0.1, -0.05) is 45.1 Å². The van der Waals surface area contributed by atoms with Crippen molar-refractivity contribution in [2.75, 3.05) is 26.4 Å². The van der Waals surface area contributed by atoms with Crippen LogP contribution in [0.15, 0.2) is 12.2 Å². The molecule has 178 valence electrons. The van der Waals surface area contributed by atoms with Crippen LogP contribution in [0.5, 0.6) is 0 Å². The van der Waals surface area contributed by atoms with Gasteiger partial charge in [0.2, 0.25) is 0 Å². The van der Waals surface area contributed by atoms with E-state index in [4.69, 9.17) is 30.3 Å². The van der Waals surface area contributed by atoms with E-state index in [-0.39, 0.29) is 77.8 Å². The Kier molecular flexibility index (Phi) is 26.0. The van der Waals surface area contributed by atoms with E-state index in [1.165, 1.54) is 6.92 Å². The molecule has 0 bridgehead atoms. The first-order valence-corrected chi connectivity index (χ1v) is 10.2. The largest absolute Gasteiger partial charge is 1.00 e. The predicted octanol–water partition coefficient (Wildman–Crippen LogP) is -0.758. The quantitative estimate of drug-likeness (QED) is 0.0789.